The summed E-state index contributed by atoms with van der Waals surface area (Å²) in [6.07, 6.45) is 0. The average Bonchev–Trinajstić information content (AvgIpc) is 2.80. The van der Waals surface area contributed by atoms with Gasteiger partial charge < -0.3 is 15.1 Å². The molecule has 0 bridgehead atoms. The quantitative estimate of drug-likeness (QED) is 0.652. The van der Waals surface area contributed by atoms with Gasteiger partial charge in [-0.15, -0.1) is 0 Å². The van der Waals surface area contributed by atoms with Crippen LogP contribution in [0, 0.1) is 5.41 Å². The Morgan fingerprint density at radius 2 is 2.05 bits per heavy atom. The summed E-state index contributed by atoms with van der Waals surface area (Å²) in [5.41, 5.74) is 1.15. The van der Waals surface area contributed by atoms with Gasteiger partial charge in [0.15, 0.2) is 0 Å². The summed E-state index contributed by atoms with van der Waals surface area (Å²) in [5, 5.41) is 22.5. The number of nitrogens with zero attached hydrogens (tertiary/aromatic N) is 2. The van der Waals surface area contributed by atoms with Crippen LogP contribution in [0.2, 0.25) is 0 Å². The maximum Gasteiger partial charge on any atom is 0.118 e. The Bertz CT molecular complexity index is 486. The van der Waals surface area contributed by atoms with E-state index < -0.39 is 5.41 Å². The van der Waals surface area contributed by atoms with Gasteiger partial charge in [0.05, 0.1) is 25.5 Å². The van der Waals surface area contributed by atoms with Crippen LogP contribution in [0.3, 0.4) is 0 Å². The third-order valence-electron chi connectivity index (χ3n) is 4.09. The zero-order chi connectivity index (χ0) is 14.8. The summed E-state index contributed by atoms with van der Waals surface area (Å²) in [6, 6.07) is 7.63. The van der Waals surface area contributed by atoms with Crippen LogP contribution >= 0.6 is 0 Å². The number of hydrogen-bond acceptors (Lipinski definition) is 5. The highest BCUT2D eigenvalue weighted by molar-refractivity contribution is 5.97. The fourth-order valence-corrected chi connectivity index (χ4v) is 2.88. The number of hydrogen-bond donors (Lipinski definition) is 2. The van der Waals surface area contributed by atoms with Crippen LogP contribution in [-0.2, 0) is 0 Å². The standard InChI is InChI=1S/C15H22N2O3/c1-4-17-9-15(2,10-18)14(16-19)13(17)11-5-7-12(20-3)8-6-11/h5-8,13,18-19H,4,9-10H2,1-3H3/b16-14+/t13-,15-/m1/s1. The predicted octanol–water partition coefficient (Wildman–Crippen LogP) is 1.90. The Morgan fingerprint density at radius 1 is 1.40 bits per heavy atom. The molecular weight excluding hydrogens is 256 g/mol. The van der Waals surface area contributed by atoms with E-state index in [-0.39, 0.29) is 12.6 Å². The van der Waals surface area contributed by atoms with Gasteiger partial charge in [0.1, 0.15) is 5.75 Å². The van der Waals surface area contributed by atoms with Gasteiger partial charge in [0, 0.05) is 12.0 Å². The summed E-state index contributed by atoms with van der Waals surface area (Å²) < 4.78 is 5.17. The molecule has 20 heavy (non-hydrogen) atoms. The molecular formula is C15H22N2O3. The molecule has 1 aromatic carbocycles. The molecule has 0 aliphatic carbocycles. The lowest BCUT2D eigenvalue weighted by atomic mass is 9.85. The number of oxime groups is 1. The third kappa shape index (κ3) is 2.39. The smallest absolute Gasteiger partial charge is 0.118 e. The molecule has 2 rings (SSSR count). The number of aliphatic hydroxyl groups is 1. The van der Waals surface area contributed by atoms with Crippen molar-refractivity contribution >= 4 is 5.71 Å². The first kappa shape index (κ1) is 14.8. The summed E-state index contributed by atoms with van der Waals surface area (Å²) in [5.74, 6) is 0.794. The Balaban J connectivity index is 2.40. The largest absolute Gasteiger partial charge is 0.497 e. The molecule has 2 N–H and O–H groups in total. The topological polar surface area (TPSA) is 65.3 Å². The molecule has 1 aromatic rings. The van der Waals surface area contributed by atoms with Crippen LogP contribution in [0.5, 0.6) is 5.75 Å². The van der Waals surface area contributed by atoms with E-state index in [1.807, 2.05) is 31.2 Å². The highest BCUT2D eigenvalue weighted by Crippen LogP contribution is 2.40. The van der Waals surface area contributed by atoms with Crippen molar-refractivity contribution < 1.29 is 15.1 Å². The van der Waals surface area contributed by atoms with E-state index in [0.29, 0.717) is 12.3 Å². The molecule has 1 aliphatic rings. The number of likely N-dealkylation sites (tertiary alicyclic amines) is 1. The first-order valence-electron chi connectivity index (χ1n) is 6.81. The van der Waals surface area contributed by atoms with Gasteiger partial charge in [0.25, 0.3) is 0 Å². The second-order valence-corrected chi connectivity index (χ2v) is 5.44. The van der Waals surface area contributed by atoms with Crippen LogP contribution in [0.15, 0.2) is 29.4 Å². The summed E-state index contributed by atoms with van der Waals surface area (Å²) in [7, 11) is 1.63. The molecule has 0 saturated carbocycles. The lowest BCUT2D eigenvalue weighted by Gasteiger charge is -2.22. The molecule has 0 unspecified atom stereocenters. The van der Waals surface area contributed by atoms with Gasteiger partial charge in [-0.1, -0.05) is 31.1 Å². The molecule has 2 atom stereocenters. The van der Waals surface area contributed by atoms with Crippen molar-refractivity contribution in [2.75, 3.05) is 26.8 Å². The molecule has 1 heterocycles. The molecule has 0 aromatic heterocycles. The van der Waals surface area contributed by atoms with E-state index in [1.165, 1.54) is 0 Å². The van der Waals surface area contributed by atoms with Gasteiger partial charge in [-0.2, -0.15) is 0 Å². The van der Waals surface area contributed by atoms with E-state index in [1.54, 1.807) is 7.11 Å². The summed E-state index contributed by atoms with van der Waals surface area (Å²) >= 11 is 0. The molecule has 110 valence electrons. The van der Waals surface area contributed by atoms with Crippen LogP contribution in [0.1, 0.15) is 25.5 Å². The Kier molecular flexibility index (Phi) is 4.30. The molecule has 0 radical (unpaired) electrons. The predicted molar refractivity (Wildman–Crippen MR) is 77.4 cm³/mol. The Labute approximate surface area is 119 Å². The average molecular weight is 278 g/mol. The number of methoxy groups -OCH3 is 1. The van der Waals surface area contributed by atoms with Gasteiger partial charge >= 0.3 is 0 Å². The second kappa shape index (κ2) is 5.81. The van der Waals surface area contributed by atoms with Crippen LogP contribution in [-0.4, -0.2) is 47.7 Å². The van der Waals surface area contributed by atoms with Gasteiger partial charge in [0.2, 0.25) is 0 Å². The monoisotopic (exact) mass is 278 g/mol. The summed E-state index contributed by atoms with van der Waals surface area (Å²) in [4.78, 5) is 2.20. The number of aliphatic hydroxyl groups excluding tert-OH is 1. The Hall–Kier alpha value is -1.59. The molecule has 5 nitrogen and oxygen atoms in total. The van der Waals surface area contributed by atoms with Crippen molar-refractivity contribution in [3.8, 4) is 5.75 Å². The van der Waals surface area contributed by atoms with Gasteiger partial charge in [-0.05, 0) is 24.2 Å². The minimum Gasteiger partial charge on any atom is -0.497 e. The lowest BCUT2D eigenvalue weighted by Crippen LogP contribution is -2.31. The van der Waals surface area contributed by atoms with Crippen molar-refractivity contribution in [1.82, 2.24) is 4.90 Å². The van der Waals surface area contributed by atoms with Crippen LogP contribution in [0.25, 0.3) is 0 Å². The molecule has 5 heteroatoms. The van der Waals surface area contributed by atoms with Crippen LogP contribution in [0.4, 0.5) is 0 Å². The van der Waals surface area contributed by atoms with Crippen molar-refractivity contribution in [3.05, 3.63) is 29.8 Å². The van der Waals surface area contributed by atoms with Crippen LogP contribution < -0.4 is 4.74 Å². The van der Waals surface area contributed by atoms with Crippen molar-refractivity contribution in [1.29, 1.82) is 0 Å². The maximum absolute atomic E-state index is 9.65. The molecule has 1 aliphatic heterocycles. The molecule has 0 amide bonds. The third-order valence-corrected chi connectivity index (χ3v) is 4.09. The van der Waals surface area contributed by atoms with Gasteiger partial charge in [-0.25, -0.2) is 0 Å². The van der Waals surface area contributed by atoms with E-state index in [4.69, 9.17) is 4.74 Å². The SMILES string of the molecule is CCN1C[C@](C)(CO)/C(=N/O)[C@H]1c1ccc(OC)cc1. The molecule has 1 fully saturated rings. The maximum atomic E-state index is 9.65. The van der Waals surface area contributed by atoms with E-state index in [2.05, 4.69) is 17.0 Å². The zero-order valence-electron chi connectivity index (χ0n) is 12.2. The number of benzene rings is 1. The molecule has 1 saturated heterocycles. The van der Waals surface area contributed by atoms with E-state index >= 15 is 0 Å². The van der Waals surface area contributed by atoms with Crippen molar-refractivity contribution in [3.63, 3.8) is 0 Å². The normalized spacial score (nSPS) is 29.0. The van der Waals surface area contributed by atoms with Crippen molar-refractivity contribution in [2.24, 2.45) is 10.6 Å². The zero-order valence-corrected chi connectivity index (χ0v) is 12.2. The minimum absolute atomic E-state index is 0.0322. The first-order chi connectivity index (χ1) is 9.59. The van der Waals surface area contributed by atoms with Crippen molar-refractivity contribution in [2.45, 2.75) is 19.9 Å². The lowest BCUT2D eigenvalue weighted by molar-refractivity contribution is 0.168. The highest BCUT2D eigenvalue weighted by Gasteiger charge is 2.47. The minimum atomic E-state index is -0.505. The fraction of sp³-hybridized carbons (Fsp3) is 0.533. The number of rotatable bonds is 4. The molecule has 0 spiro atoms. The Morgan fingerprint density at radius 3 is 2.50 bits per heavy atom. The summed E-state index contributed by atoms with van der Waals surface area (Å²) in [6.45, 7) is 5.46. The van der Waals surface area contributed by atoms with Gasteiger partial charge in [-0.3, -0.25) is 4.90 Å². The van der Waals surface area contributed by atoms with E-state index in [0.717, 1.165) is 17.9 Å². The fourth-order valence-electron chi connectivity index (χ4n) is 2.88. The number of ether oxygens (including phenoxy) is 1. The first-order valence-corrected chi connectivity index (χ1v) is 6.81. The highest BCUT2D eigenvalue weighted by atomic mass is 16.5. The van der Waals surface area contributed by atoms with E-state index in [9.17, 15) is 10.3 Å². The second-order valence-electron chi connectivity index (χ2n) is 5.44.